The van der Waals surface area contributed by atoms with Crippen molar-refractivity contribution in [1.29, 1.82) is 0 Å². The first kappa shape index (κ1) is 12.6. The molecule has 4 heteroatoms. The average molecular weight is 263 g/mol. The Bertz CT molecular complexity index is 602. The average Bonchev–Trinajstić information content (AvgIpc) is 2.44. The van der Waals surface area contributed by atoms with E-state index >= 15 is 0 Å². The van der Waals surface area contributed by atoms with Crippen LogP contribution in [0.3, 0.4) is 0 Å². The fourth-order valence-corrected chi connectivity index (χ4v) is 1.99. The molecule has 18 heavy (non-hydrogen) atoms. The molecule has 0 heterocycles. The lowest BCUT2D eigenvalue weighted by molar-refractivity contribution is -0.139. The Morgan fingerprint density at radius 1 is 1.11 bits per heavy atom. The lowest BCUT2D eigenvalue weighted by atomic mass is 10.00. The van der Waals surface area contributed by atoms with E-state index in [9.17, 15) is 9.59 Å². The molecule has 1 unspecified atom stereocenters. The van der Waals surface area contributed by atoms with Crippen LogP contribution >= 0.6 is 11.6 Å². The smallest absolute Gasteiger partial charge is 0.331 e. The van der Waals surface area contributed by atoms with E-state index in [2.05, 4.69) is 4.74 Å². The van der Waals surface area contributed by atoms with E-state index in [0.29, 0.717) is 5.56 Å². The van der Waals surface area contributed by atoms with Crippen LogP contribution in [0.2, 0.25) is 0 Å². The second-order valence-corrected chi connectivity index (χ2v) is 4.21. The van der Waals surface area contributed by atoms with Gasteiger partial charge in [0.2, 0.25) is 0 Å². The summed E-state index contributed by atoms with van der Waals surface area (Å²) in [6, 6.07) is 12.7. The first-order valence-electron chi connectivity index (χ1n) is 5.39. The van der Waals surface area contributed by atoms with E-state index < -0.39 is 17.1 Å². The van der Waals surface area contributed by atoms with E-state index in [1.165, 1.54) is 7.11 Å². The summed E-state index contributed by atoms with van der Waals surface area (Å²) in [5.41, 5.74) is 0.429. The molecule has 2 rings (SSSR count). The number of Topliss-reactive ketones (excluding diaryl/α,β-unsaturated/α-hetero) is 1. The molecular weight excluding hydrogens is 252 g/mol. The predicted molar refractivity (Wildman–Crippen MR) is 69.9 cm³/mol. The van der Waals surface area contributed by atoms with E-state index in [4.69, 9.17) is 11.6 Å². The summed E-state index contributed by atoms with van der Waals surface area (Å²) in [5.74, 6) is -1.19. The van der Waals surface area contributed by atoms with Crippen molar-refractivity contribution in [3.63, 3.8) is 0 Å². The highest BCUT2D eigenvalue weighted by Gasteiger charge is 2.26. The monoisotopic (exact) mass is 262 g/mol. The second kappa shape index (κ2) is 5.19. The lowest BCUT2D eigenvalue weighted by Crippen LogP contribution is -2.26. The van der Waals surface area contributed by atoms with Crippen LogP contribution in [0.25, 0.3) is 10.8 Å². The zero-order chi connectivity index (χ0) is 13.1. The van der Waals surface area contributed by atoms with Gasteiger partial charge >= 0.3 is 5.97 Å². The minimum absolute atomic E-state index is 0.429. The Kier molecular flexibility index (Phi) is 3.63. The van der Waals surface area contributed by atoms with Gasteiger partial charge in [-0.1, -0.05) is 42.5 Å². The SMILES string of the molecule is COC(=O)C(Cl)C(=O)c1cccc2ccccc12. The zero-order valence-electron chi connectivity index (χ0n) is 9.72. The van der Waals surface area contributed by atoms with Crippen LogP contribution in [0.4, 0.5) is 0 Å². The molecule has 0 aliphatic carbocycles. The number of fused-ring (bicyclic) bond motifs is 1. The highest BCUT2D eigenvalue weighted by Crippen LogP contribution is 2.21. The van der Waals surface area contributed by atoms with E-state index in [0.717, 1.165) is 10.8 Å². The van der Waals surface area contributed by atoms with Gasteiger partial charge in [0.25, 0.3) is 0 Å². The maximum atomic E-state index is 12.1. The Hall–Kier alpha value is -1.87. The van der Waals surface area contributed by atoms with Crippen LogP contribution in [0.5, 0.6) is 0 Å². The van der Waals surface area contributed by atoms with Crippen molar-refractivity contribution in [3.8, 4) is 0 Å². The number of carbonyl (C=O) groups is 2. The van der Waals surface area contributed by atoms with Gasteiger partial charge in [-0.3, -0.25) is 4.79 Å². The Morgan fingerprint density at radius 3 is 2.50 bits per heavy atom. The maximum Gasteiger partial charge on any atom is 0.331 e. The number of ether oxygens (including phenoxy) is 1. The summed E-state index contributed by atoms with van der Waals surface area (Å²) in [7, 11) is 1.20. The number of benzene rings is 2. The zero-order valence-corrected chi connectivity index (χ0v) is 10.5. The molecule has 2 aromatic rings. The van der Waals surface area contributed by atoms with Gasteiger partial charge in [0.15, 0.2) is 11.2 Å². The van der Waals surface area contributed by atoms with Crippen molar-refractivity contribution >= 4 is 34.1 Å². The molecule has 0 radical (unpaired) electrons. The number of hydrogen-bond donors (Lipinski definition) is 0. The molecule has 0 aliphatic rings. The summed E-state index contributed by atoms with van der Waals surface area (Å²) >= 11 is 5.79. The topological polar surface area (TPSA) is 43.4 Å². The molecule has 2 aromatic carbocycles. The molecule has 0 N–H and O–H groups in total. The van der Waals surface area contributed by atoms with Gasteiger partial charge in [0.05, 0.1) is 7.11 Å². The van der Waals surface area contributed by atoms with Crippen molar-refractivity contribution in [2.45, 2.75) is 5.38 Å². The van der Waals surface area contributed by atoms with Gasteiger partial charge in [-0.05, 0) is 10.8 Å². The molecule has 0 aliphatic heterocycles. The number of halogens is 1. The fourth-order valence-electron chi connectivity index (χ4n) is 1.79. The third kappa shape index (κ3) is 2.22. The van der Waals surface area contributed by atoms with Crippen LogP contribution in [-0.4, -0.2) is 24.2 Å². The molecule has 92 valence electrons. The van der Waals surface area contributed by atoms with Crippen LogP contribution in [0, 0.1) is 0 Å². The van der Waals surface area contributed by atoms with Gasteiger partial charge in [0.1, 0.15) is 0 Å². The van der Waals surface area contributed by atoms with Crippen molar-refractivity contribution in [2.24, 2.45) is 0 Å². The van der Waals surface area contributed by atoms with Crippen LogP contribution < -0.4 is 0 Å². The van der Waals surface area contributed by atoms with Crippen molar-refractivity contribution in [3.05, 3.63) is 48.0 Å². The standard InChI is InChI=1S/C14H11ClO3/c1-18-14(17)12(15)13(16)11-8-4-6-9-5-2-3-7-10(9)11/h2-8,12H,1H3. The Morgan fingerprint density at radius 2 is 1.78 bits per heavy atom. The third-order valence-electron chi connectivity index (χ3n) is 2.69. The molecule has 0 spiro atoms. The van der Waals surface area contributed by atoms with E-state index in [-0.39, 0.29) is 0 Å². The van der Waals surface area contributed by atoms with Crippen molar-refractivity contribution in [2.75, 3.05) is 7.11 Å². The first-order valence-corrected chi connectivity index (χ1v) is 5.82. The van der Waals surface area contributed by atoms with Crippen LogP contribution in [0.1, 0.15) is 10.4 Å². The van der Waals surface area contributed by atoms with Gasteiger partial charge in [-0.2, -0.15) is 0 Å². The number of ketones is 1. The lowest BCUT2D eigenvalue weighted by Gasteiger charge is -2.09. The molecule has 0 fully saturated rings. The fraction of sp³-hybridized carbons (Fsp3) is 0.143. The molecule has 0 saturated heterocycles. The van der Waals surface area contributed by atoms with Gasteiger partial charge in [0, 0.05) is 5.56 Å². The number of methoxy groups -OCH3 is 1. The van der Waals surface area contributed by atoms with E-state index in [1.807, 2.05) is 30.3 Å². The summed E-state index contributed by atoms with van der Waals surface area (Å²) in [6.07, 6.45) is 0. The molecule has 1 atom stereocenters. The minimum Gasteiger partial charge on any atom is -0.468 e. The Balaban J connectivity index is 2.48. The maximum absolute atomic E-state index is 12.1. The highest BCUT2D eigenvalue weighted by atomic mass is 35.5. The van der Waals surface area contributed by atoms with Gasteiger partial charge in [-0.25, -0.2) is 4.79 Å². The van der Waals surface area contributed by atoms with Crippen LogP contribution in [0.15, 0.2) is 42.5 Å². The molecule has 3 nitrogen and oxygen atoms in total. The highest BCUT2D eigenvalue weighted by molar-refractivity contribution is 6.44. The normalized spacial score (nSPS) is 12.1. The molecule has 0 aromatic heterocycles. The molecule has 0 saturated carbocycles. The summed E-state index contributed by atoms with van der Waals surface area (Å²) in [5, 5.41) is 0.400. The molecular formula is C14H11ClO3. The minimum atomic E-state index is -1.30. The molecule has 0 amide bonds. The third-order valence-corrected chi connectivity index (χ3v) is 3.07. The second-order valence-electron chi connectivity index (χ2n) is 3.78. The summed E-state index contributed by atoms with van der Waals surface area (Å²) < 4.78 is 4.47. The summed E-state index contributed by atoms with van der Waals surface area (Å²) in [4.78, 5) is 23.4. The summed E-state index contributed by atoms with van der Waals surface area (Å²) in [6.45, 7) is 0. The number of esters is 1. The first-order chi connectivity index (χ1) is 8.65. The number of carbonyl (C=O) groups excluding carboxylic acids is 2. The quantitative estimate of drug-likeness (QED) is 0.370. The van der Waals surface area contributed by atoms with Crippen molar-refractivity contribution in [1.82, 2.24) is 0 Å². The Labute approximate surface area is 109 Å². The van der Waals surface area contributed by atoms with Crippen LogP contribution in [-0.2, 0) is 9.53 Å². The predicted octanol–water partition coefficient (Wildman–Crippen LogP) is 2.80. The largest absolute Gasteiger partial charge is 0.468 e. The van der Waals surface area contributed by atoms with Gasteiger partial charge in [-0.15, -0.1) is 11.6 Å². The number of rotatable bonds is 3. The number of alkyl halides is 1. The molecule has 0 bridgehead atoms. The van der Waals surface area contributed by atoms with Crippen molar-refractivity contribution < 1.29 is 14.3 Å². The van der Waals surface area contributed by atoms with E-state index in [1.54, 1.807) is 12.1 Å². The number of hydrogen-bond acceptors (Lipinski definition) is 3. The van der Waals surface area contributed by atoms with Gasteiger partial charge < -0.3 is 4.74 Å².